The zero-order valence-electron chi connectivity index (χ0n) is 12.6. The van der Waals surface area contributed by atoms with Gasteiger partial charge in [-0.3, -0.25) is 0 Å². The highest BCUT2D eigenvalue weighted by atomic mass is 16.5. The van der Waals surface area contributed by atoms with E-state index < -0.39 is 0 Å². The van der Waals surface area contributed by atoms with E-state index in [1.54, 1.807) is 12.7 Å². The standard InChI is InChI=1S/C19H24O/c1-12-3-6-17-15(12)9-10-18-16-8-5-14(20-2)11-13(16)4-7-19(17)18/h5,8,11-12,15,17H,3-4,6-7,9-10H2,1-2H3/t12-,15?,17?/m0/s1. The van der Waals surface area contributed by atoms with Crippen LogP contribution < -0.4 is 4.74 Å². The first kappa shape index (κ1) is 12.5. The monoisotopic (exact) mass is 268 g/mol. The van der Waals surface area contributed by atoms with E-state index in [0.29, 0.717) is 0 Å². The highest BCUT2D eigenvalue weighted by Crippen LogP contribution is 2.53. The molecule has 1 aromatic rings. The molecule has 0 radical (unpaired) electrons. The smallest absolute Gasteiger partial charge is 0.119 e. The van der Waals surface area contributed by atoms with Gasteiger partial charge in [0, 0.05) is 0 Å². The molecule has 0 bridgehead atoms. The lowest BCUT2D eigenvalue weighted by atomic mass is 9.69. The molecule has 1 heteroatoms. The first-order valence-electron chi connectivity index (χ1n) is 8.17. The summed E-state index contributed by atoms with van der Waals surface area (Å²) in [4.78, 5) is 0. The minimum Gasteiger partial charge on any atom is -0.497 e. The van der Waals surface area contributed by atoms with Crippen LogP contribution in [0.1, 0.15) is 50.2 Å². The van der Waals surface area contributed by atoms with Gasteiger partial charge in [0.15, 0.2) is 0 Å². The number of fused-ring (bicyclic) bond motifs is 4. The van der Waals surface area contributed by atoms with Crippen LogP contribution in [-0.2, 0) is 6.42 Å². The molecule has 1 aromatic carbocycles. The second-order valence-electron chi connectivity index (χ2n) is 6.89. The van der Waals surface area contributed by atoms with Gasteiger partial charge in [0.05, 0.1) is 7.11 Å². The Balaban J connectivity index is 1.76. The van der Waals surface area contributed by atoms with Crippen molar-refractivity contribution in [2.24, 2.45) is 17.8 Å². The van der Waals surface area contributed by atoms with E-state index in [0.717, 1.165) is 23.5 Å². The average molecular weight is 268 g/mol. The van der Waals surface area contributed by atoms with Gasteiger partial charge in [-0.2, -0.15) is 0 Å². The summed E-state index contributed by atoms with van der Waals surface area (Å²) in [5.74, 6) is 3.85. The normalized spacial score (nSPS) is 31.6. The van der Waals surface area contributed by atoms with Crippen molar-refractivity contribution in [3.05, 3.63) is 34.9 Å². The molecule has 106 valence electrons. The van der Waals surface area contributed by atoms with Crippen LogP contribution in [0.5, 0.6) is 5.75 Å². The van der Waals surface area contributed by atoms with Crippen LogP contribution in [0.15, 0.2) is 23.8 Å². The molecule has 3 atom stereocenters. The topological polar surface area (TPSA) is 9.23 Å². The summed E-state index contributed by atoms with van der Waals surface area (Å²) in [6.45, 7) is 2.47. The van der Waals surface area contributed by atoms with Gasteiger partial charge < -0.3 is 4.74 Å². The maximum absolute atomic E-state index is 5.38. The summed E-state index contributed by atoms with van der Waals surface area (Å²) in [7, 11) is 1.76. The lowest BCUT2D eigenvalue weighted by Crippen LogP contribution is -2.23. The molecular formula is C19H24O. The molecule has 0 heterocycles. The minimum absolute atomic E-state index is 0.906. The van der Waals surface area contributed by atoms with Gasteiger partial charge in [-0.05, 0) is 85.1 Å². The Labute approximate surface area is 122 Å². The summed E-state index contributed by atoms with van der Waals surface area (Å²) >= 11 is 0. The lowest BCUT2D eigenvalue weighted by Gasteiger charge is -2.36. The van der Waals surface area contributed by atoms with Crippen LogP contribution in [0.25, 0.3) is 5.57 Å². The Morgan fingerprint density at radius 2 is 1.95 bits per heavy atom. The van der Waals surface area contributed by atoms with Crippen molar-refractivity contribution >= 4 is 5.57 Å². The van der Waals surface area contributed by atoms with Gasteiger partial charge >= 0.3 is 0 Å². The molecule has 0 aromatic heterocycles. The molecule has 20 heavy (non-hydrogen) atoms. The van der Waals surface area contributed by atoms with E-state index in [4.69, 9.17) is 4.74 Å². The number of ether oxygens (including phenoxy) is 1. The summed E-state index contributed by atoms with van der Waals surface area (Å²) in [5.41, 5.74) is 6.56. The van der Waals surface area contributed by atoms with E-state index in [2.05, 4.69) is 25.1 Å². The van der Waals surface area contributed by atoms with Crippen molar-refractivity contribution in [1.29, 1.82) is 0 Å². The molecule has 1 nitrogen and oxygen atoms in total. The number of rotatable bonds is 1. The first-order valence-corrected chi connectivity index (χ1v) is 8.17. The molecular weight excluding hydrogens is 244 g/mol. The van der Waals surface area contributed by atoms with Gasteiger partial charge in [-0.15, -0.1) is 0 Å². The quantitative estimate of drug-likeness (QED) is 0.707. The Morgan fingerprint density at radius 3 is 2.80 bits per heavy atom. The van der Waals surface area contributed by atoms with E-state index in [1.165, 1.54) is 49.7 Å². The molecule has 2 unspecified atom stereocenters. The van der Waals surface area contributed by atoms with Crippen LogP contribution in [0.4, 0.5) is 0 Å². The number of allylic oxidation sites excluding steroid dienone is 2. The number of hydrogen-bond donors (Lipinski definition) is 0. The van der Waals surface area contributed by atoms with Crippen molar-refractivity contribution in [2.75, 3.05) is 7.11 Å². The van der Waals surface area contributed by atoms with Crippen LogP contribution in [0.3, 0.4) is 0 Å². The molecule has 0 saturated heterocycles. The van der Waals surface area contributed by atoms with Crippen LogP contribution >= 0.6 is 0 Å². The summed E-state index contributed by atoms with van der Waals surface area (Å²) in [6.07, 6.45) is 8.11. The average Bonchev–Trinajstić information content (AvgIpc) is 2.88. The number of aryl methyl sites for hydroxylation is 1. The second kappa shape index (κ2) is 4.65. The Morgan fingerprint density at radius 1 is 1.05 bits per heavy atom. The third-order valence-corrected chi connectivity index (χ3v) is 6.04. The molecule has 1 saturated carbocycles. The highest BCUT2D eigenvalue weighted by molar-refractivity contribution is 5.75. The Hall–Kier alpha value is -1.24. The van der Waals surface area contributed by atoms with E-state index in [-0.39, 0.29) is 0 Å². The molecule has 0 spiro atoms. The number of benzene rings is 1. The Kier molecular flexibility index (Phi) is 2.90. The fourth-order valence-electron chi connectivity index (χ4n) is 4.99. The highest BCUT2D eigenvalue weighted by Gasteiger charge is 2.40. The zero-order valence-corrected chi connectivity index (χ0v) is 12.6. The van der Waals surface area contributed by atoms with E-state index in [9.17, 15) is 0 Å². The Bertz CT molecular complexity index is 569. The van der Waals surface area contributed by atoms with Crippen LogP contribution in [0.2, 0.25) is 0 Å². The summed E-state index contributed by atoms with van der Waals surface area (Å²) in [6, 6.07) is 6.70. The lowest BCUT2D eigenvalue weighted by molar-refractivity contribution is 0.321. The first-order chi connectivity index (χ1) is 9.78. The van der Waals surface area contributed by atoms with Crippen molar-refractivity contribution in [2.45, 2.75) is 45.4 Å². The number of methoxy groups -OCH3 is 1. The van der Waals surface area contributed by atoms with Gasteiger partial charge in [-0.1, -0.05) is 18.6 Å². The van der Waals surface area contributed by atoms with E-state index >= 15 is 0 Å². The molecule has 0 N–H and O–H groups in total. The maximum Gasteiger partial charge on any atom is 0.119 e. The summed E-state index contributed by atoms with van der Waals surface area (Å²) < 4.78 is 5.38. The fraction of sp³-hybridized carbons (Fsp3) is 0.579. The van der Waals surface area contributed by atoms with Crippen LogP contribution in [-0.4, -0.2) is 7.11 Å². The van der Waals surface area contributed by atoms with Crippen molar-refractivity contribution < 1.29 is 4.74 Å². The van der Waals surface area contributed by atoms with Crippen molar-refractivity contribution in [1.82, 2.24) is 0 Å². The minimum atomic E-state index is 0.906. The molecule has 4 rings (SSSR count). The fourth-order valence-corrected chi connectivity index (χ4v) is 4.99. The predicted octanol–water partition coefficient (Wildman–Crippen LogP) is 4.85. The summed E-state index contributed by atoms with van der Waals surface area (Å²) in [5, 5.41) is 0. The zero-order chi connectivity index (χ0) is 13.7. The van der Waals surface area contributed by atoms with Gasteiger partial charge in [0.1, 0.15) is 5.75 Å². The molecule has 3 aliphatic rings. The molecule has 3 aliphatic carbocycles. The van der Waals surface area contributed by atoms with Crippen molar-refractivity contribution in [3.63, 3.8) is 0 Å². The molecule has 0 aliphatic heterocycles. The molecule has 0 amide bonds. The maximum atomic E-state index is 5.38. The largest absolute Gasteiger partial charge is 0.497 e. The SMILES string of the molecule is COc1ccc2c(c1)CCC1=C2CCC2C1CC[C@@H]2C. The number of hydrogen-bond acceptors (Lipinski definition) is 1. The van der Waals surface area contributed by atoms with E-state index in [1.807, 2.05) is 5.57 Å². The third kappa shape index (κ3) is 1.75. The third-order valence-electron chi connectivity index (χ3n) is 6.04. The second-order valence-corrected chi connectivity index (χ2v) is 6.89. The van der Waals surface area contributed by atoms with Crippen LogP contribution in [0, 0.1) is 17.8 Å². The molecule has 1 fully saturated rings. The van der Waals surface area contributed by atoms with Gasteiger partial charge in [-0.25, -0.2) is 0 Å². The van der Waals surface area contributed by atoms with Crippen molar-refractivity contribution in [3.8, 4) is 5.75 Å². The predicted molar refractivity (Wildman–Crippen MR) is 82.8 cm³/mol. The van der Waals surface area contributed by atoms with Gasteiger partial charge in [0.25, 0.3) is 0 Å². The van der Waals surface area contributed by atoms with Gasteiger partial charge in [0.2, 0.25) is 0 Å².